The highest BCUT2D eigenvalue weighted by Crippen LogP contribution is 2.24. The predicted octanol–water partition coefficient (Wildman–Crippen LogP) is 2.00. The molecule has 0 spiro atoms. The molecule has 0 fully saturated rings. The van der Waals surface area contributed by atoms with Crippen molar-refractivity contribution in [3.63, 3.8) is 0 Å². The first-order valence-electron chi connectivity index (χ1n) is 7.06. The monoisotopic (exact) mass is 304 g/mol. The number of ether oxygens (including phenoxy) is 1. The molecule has 1 aromatic carbocycles. The molecule has 1 amide bonds. The lowest BCUT2D eigenvalue weighted by Gasteiger charge is -2.14. The Morgan fingerprint density at radius 2 is 2.09 bits per heavy atom. The van der Waals surface area contributed by atoms with Gasteiger partial charge < -0.3 is 20.1 Å². The van der Waals surface area contributed by atoms with Gasteiger partial charge in [-0.15, -0.1) is 0 Å². The Morgan fingerprint density at radius 1 is 1.36 bits per heavy atom. The molecule has 2 aromatic rings. The number of hydrogen-bond acceptors (Lipinski definition) is 3. The van der Waals surface area contributed by atoms with Crippen molar-refractivity contribution in [3.05, 3.63) is 35.0 Å². The maximum Gasteiger partial charge on any atom is 0.326 e. The molecule has 0 aliphatic heterocycles. The van der Waals surface area contributed by atoms with E-state index in [1.165, 1.54) is 7.11 Å². The van der Waals surface area contributed by atoms with Crippen LogP contribution < -0.4 is 5.32 Å². The summed E-state index contributed by atoms with van der Waals surface area (Å²) in [6.07, 6.45) is 0.219. The third-order valence-corrected chi connectivity index (χ3v) is 3.80. The number of carboxylic acid groups (broad SMARTS) is 1. The lowest BCUT2D eigenvalue weighted by molar-refractivity contribution is -0.139. The molecule has 1 unspecified atom stereocenters. The summed E-state index contributed by atoms with van der Waals surface area (Å²) >= 11 is 0. The topological polar surface area (TPSA) is 91.4 Å². The fraction of sp³-hybridized carbons (Fsp3) is 0.375. The summed E-state index contributed by atoms with van der Waals surface area (Å²) in [5.74, 6) is -1.48. The normalized spacial score (nSPS) is 12.3. The van der Waals surface area contributed by atoms with Crippen LogP contribution in [0.3, 0.4) is 0 Å². The number of carbonyl (C=O) groups is 2. The van der Waals surface area contributed by atoms with Gasteiger partial charge in [-0.2, -0.15) is 0 Å². The molecule has 1 heterocycles. The van der Waals surface area contributed by atoms with Crippen LogP contribution in [0.25, 0.3) is 10.9 Å². The molecular weight excluding hydrogens is 284 g/mol. The number of hydrogen-bond donors (Lipinski definition) is 3. The first-order chi connectivity index (χ1) is 10.5. The van der Waals surface area contributed by atoms with Gasteiger partial charge in [-0.05, 0) is 25.5 Å². The summed E-state index contributed by atoms with van der Waals surface area (Å²) in [6.45, 7) is 4.19. The molecule has 1 atom stereocenters. The summed E-state index contributed by atoms with van der Waals surface area (Å²) in [4.78, 5) is 26.8. The number of nitrogens with one attached hydrogen (secondary N) is 2. The number of fused-ring (bicyclic) bond motifs is 1. The van der Waals surface area contributed by atoms with Gasteiger partial charge in [0, 0.05) is 31.2 Å². The van der Waals surface area contributed by atoms with Crippen LogP contribution in [0.1, 0.15) is 28.0 Å². The van der Waals surface area contributed by atoms with Crippen LogP contribution in [0.5, 0.6) is 0 Å². The van der Waals surface area contributed by atoms with Crippen LogP contribution in [0.2, 0.25) is 0 Å². The Kier molecular flexibility index (Phi) is 4.82. The van der Waals surface area contributed by atoms with Gasteiger partial charge >= 0.3 is 5.97 Å². The van der Waals surface area contributed by atoms with Crippen molar-refractivity contribution in [1.29, 1.82) is 0 Å². The van der Waals surface area contributed by atoms with Crippen molar-refractivity contribution in [3.8, 4) is 0 Å². The third kappa shape index (κ3) is 3.12. The van der Waals surface area contributed by atoms with E-state index in [1.807, 2.05) is 19.9 Å². The maximum atomic E-state index is 12.4. The molecule has 6 heteroatoms. The highest BCUT2D eigenvalue weighted by atomic mass is 16.5. The number of H-pyrrole nitrogens is 1. The van der Waals surface area contributed by atoms with Crippen LogP contribution in [0.4, 0.5) is 0 Å². The van der Waals surface area contributed by atoms with Crippen LogP contribution in [-0.2, 0) is 9.53 Å². The van der Waals surface area contributed by atoms with Crippen molar-refractivity contribution >= 4 is 22.8 Å². The number of aromatic nitrogens is 1. The van der Waals surface area contributed by atoms with Crippen molar-refractivity contribution in [2.75, 3.05) is 13.7 Å². The van der Waals surface area contributed by atoms with Crippen molar-refractivity contribution < 1.29 is 19.4 Å². The van der Waals surface area contributed by atoms with E-state index in [-0.39, 0.29) is 13.0 Å². The molecule has 1 aromatic heterocycles. The summed E-state index contributed by atoms with van der Waals surface area (Å²) in [5, 5.41) is 12.7. The maximum absolute atomic E-state index is 12.4. The van der Waals surface area contributed by atoms with Crippen molar-refractivity contribution in [1.82, 2.24) is 10.3 Å². The van der Waals surface area contributed by atoms with E-state index >= 15 is 0 Å². The minimum atomic E-state index is -1.07. The average molecular weight is 304 g/mol. The molecule has 2 rings (SSSR count). The number of methoxy groups -OCH3 is 1. The molecule has 118 valence electrons. The third-order valence-electron chi connectivity index (χ3n) is 3.80. The zero-order chi connectivity index (χ0) is 16.3. The molecule has 3 N–H and O–H groups in total. The molecule has 0 radical (unpaired) electrons. The second-order valence-electron chi connectivity index (χ2n) is 5.25. The molecule has 0 bridgehead atoms. The Labute approximate surface area is 128 Å². The molecule has 22 heavy (non-hydrogen) atoms. The van der Waals surface area contributed by atoms with E-state index in [0.717, 1.165) is 22.2 Å². The Hall–Kier alpha value is -2.34. The number of rotatable bonds is 6. The predicted molar refractivity (Wildman–Crippen MR) is 83.2 cm³/mol. The van der Waals surface area contributed by atoms with E-state index in [2.05, 4.69) is 10.3 Å². The quantitative estimate of drug-likeness (QED) is 0.761. The van der Waals surface area contributed by atoms with Gasteiger partial charge in [0.15, 0.2) is 0 Å². The Bertz CT molecular complexity index is 705. The fourth-order valence-electron chi connectivity index (χ4n) is 2.40. The van der Waals surface area contributed by atoms with Gasteiger partial charge in [-0.25, -0.2) is 4.79 Å². The SMILES string of the molecule is COCCC(NC(=O)c1cccc2c(C)c(C)[nH]c12)C(=O)O. The minimum absolute atomic E-state index is 0.219. The Morgan fingerprint density at radius 3 is 2.73 bits per heavy atom. The van der Waals surface area contributed by atoms with Crippen molar-refractivity contribution in [2.24, 2.45) is 0 Å². The first-order valence-corrected chi connectivity index (χ1v) is 7.06. The number of carboxylic acids is 1. The summed E-state index contributed by atoms with van der Waals surface area (Å²) in [6, 6.07) is 4.44. The number of amides is 1. The summed E-state index contributed by atoms with van der Waals surface area (Å²) < 4.78 is 4.88. The van der Waals surface area contributed by atoms with Gasteiger partial charge in [-0.1, -0.05) is 12.1 Å². The summed E-state index contributed by atoms with van der Waals surface area (Å²) in [7, 11) is 1.49. The van der Waals surface area contributed by atoms with Gasteiger partial charge in [0.1, 0.15) is 6.04 Å². The minimum Gasteiger partial charge on any atom is -0.480 e. The van der Waals surface area contributed by atoms with E-state index in [4.69, 9.17) is 4.74 Å². The highest BCUT2D eigenvalue weighted by Gasteiger charge is 2.22. The molecular formula is C16H20N2O4. The lowest BCUT2D eigenvalue weighted by atomic mass is 10.1. The average Bonchev–Trinajstić information content (AvgIpc) is 2.78. The van der Waals surface area contributed by atoms with Crippen LogP contribution in [0.15, 0.2) is 18.2 Å². The number of aliphatic carboxylic acids is 1. The van der Waals surface area contributed by atoms with Crippen molar-refractivity contribution in [2.45, 2.75) is 26.3 Å². The van der Waals surface area contributed by atoms with Crippen LogP contribution in [-0.4, -0.2) is 41.7 Å². The van der Waals surface area contributed by atoms with E-state index in [0.29, 0.717) is 5.56 Å². The number of carbonyl (C=O) groups excluding carboxylic acids is 1. The van der Waals surface area contributed by atoms with Gasteiger partial charge in [0.25, 0.3) is 5.91 Å². The van der Waals surface area contributed by atoms with Gasteiger partial charge in [0.2, 0.25) is 0 Å². The molecule has 0 aliphatic rings. The number of aryl methyl sites for hydroxylation is 2. The van der Waals surface area contributed by atoms with E-state index in [1.54, 1.807) is 12.1 Å². The molecule has 0 saturated carbocycles. The first kappa shape index (κ1) is 16.0. The summed E-state index contributed by atoms with van der Waals surface area (Å²) in [5.41, 5.74) is 3.24. The second-order valence-corrected chi connectivity index (χ2v) is 5.25. The number of para-hydroxylation sites is 1. The number of benzene rings is 1. The van der Waals surface area contributed by atoms with E-state index < -0.39 is 17.9 Å². The fourth-order valence-corrected chi connectivity index (χ4v) is 2.40. The largest absolute Gasteiger partial charge is 0.480 e. The number of aromatic amines is 1. The van der Waals surface area contributed by atoms with Gasteiger partial charge in [-0.3, -0.25) is 4.79 Å². The van der Waals surface area contributed by atoms with Crippen LogP contribution in [0, 0.1) is 13.8 Å². The standard InChI is InChI=1S/C16H20N2O4/c1-9-10(2)17-14-11(9)5-4-6-12(14)15(19)18-13(16(20)21)7-8-22-3/h4-6,13,17H,7-8H2,1-3H3,(H,18,19)(H,20,21). The highest BCUT2D eigenvalue weighted by molar-refractivity contribution is 6.07. The lowest BCUT2D eigenvalue weighted by Crippen LogP contribution is -2.41. The second kappa shape index (κ2) is 6.62. The van der Waals surface area contributed by atoms with Gasteiger partial charge in [0.05, 0.1) is 11.1 Å². The van der Waals surface area contributed by atoms with Crippen LogP contribution >= 0.6 is 0 Å². The smallest absolute Gasteiger partial charge is 0.326 e. The molecule has 0 saturated heterocycles. The zero-order valence-corrected chi connectivity index (χ0v) is 12.9. The zero-order valence-electron chi connectivity index (χ0n) is 12.9. The van der Waals surface area contributed by atoms with E-state index in [9.17, 15) is 14.7 Å². The Balaban J connectivity index is 2.29. The molecule has 0 aliphatic carbocycles. The molecule has 6 nitrogen and oxygen atoms in total.